The Morgan fingerprint density at radius 1 is 1.28 bits per heavy atom. The van der Waals surface area contributed by atoms with Gasteiger partial charge in [-0.15, -0.1) is 10.2 Å². The SMILES string of the molecule is COc1cccc(Br)c1/C=N\n1c(C)nnc1C. The zero-order valence-electron chi connectivity index (χ0n) is 10.4. The summed E-state index contributed by atoms with van der Waals surface area (Å²) in [6.45, 7) is 3.71. The third-order valence-electron chi connectivity index (χ3n) is 2.49. The Kier molecular flexibility index (Phi) is 3.76. The Hall–Kier alpha value is -1.69. The summed E-state index contributed by atoms with van der Waals surface area (Å²) in [7, 11) is 1.63. The first-order chi connectivity index (χ1) is 8.63. The summed E-state index contributed by atoms with van der Waals surface area (Å²) in [4.78, 5) is 0. The van der Waals surface area contributed by atoms with Gasteiger partial charge in [0, 0.05) is 4.47 Å². The highest BCUT2D eigenvalue weighted by Gasteiger charge is 2.06. The number of methoxy groups -OCH3 is 1. The fourth-order valence-corrected chi connectivity index (χ4v) is 2.02. The molecule has 18 heavy (non-hydrogen) atoms. The van der Waals surface area contributed by atoms with Crippen LogP contribution in [0.3, 0.4) is 0 Å². The van der Waals surface area contributed by atoms with Gasteiger partial charge in [-0.2, -0.15) is 5.10 Å². The standard InChI is InChI=1S/C12H13BrN4O/c1-8-15-16-9(2)17(8)14-7-10-11(13)5-4-6-12(10)18-3/h4-7H,1-3H3/b14-7-. The number of nitrogens with zero attached hydrogens (tertiary/aromatic N) is 4. The van der Waals surface area contributed by atoms with Crippen LogP contribution in [-0.2, 0) is 0 Å². The van der Waals surface area contributed by atoms with Crippen molar-refractivity contribution in [3.05, 3.63) is 39.9 Å². The van der Waals surface area contributed by atoms with Crippen molar-refractivity contribution in [3.8, 4) is 5.75 Å². The number of hydrogen-bond donors (Lipinski definition) is 0. The topological polar surface area (TPSA) is 52.3 Å². The fourth-order valence-electron chi connectivity index (χ4n) is 1.57. The maximum atomic E-state index is 5.29. The minimum absolute atomic E-state index is 0.745. The fraction of sp³-hybridized carbons (Fsp3) is 0.250. The lowest BCUT2D eigenvalue weighted by Gasteiger charge is -2.06. The lowest BCUT2D eigenvalue weighted by molar-refractivity contribution is 0.414. The van der Waals surface area contributed by atoms with Crippen molar-refractivity contribution in [1.29, 1.82) is 0 Å². The van der Waals surface area contributed by atoms with Crippen LogP contribution < -0.4 is 4.74 Å². The number of benzene rings is 1. The molecule has 0 atom stereocenters. The van der Waals surface area contributed by atoms with Crippen LogP contribution in [0.2, 0.25) is 0 Å². The smallest absolute Gasteiger partial charge is 0.151 e. The Morgan fingerprint density at radius 2 is 1.94 bits per heavy atom. The van der Waals surface area contributed by atoms with Crippen molar-refractivity contribution in [2.45, 2.75) is 13.8 Å². The molecule has 0 spiro atoms. The van der Waals surface area contributed by atoms with Crippen LogP contribution in [0.4, 0.5) is 0 Å². The molecule has 5 nitrogen and oxygen atoms in total. The second-order valence-electron chi connectivity index (χ2n) is 3.71. The van der Waals surface area contributed by atoms with Crippen molar-refractivity contribution in [3.63, 3.8) is 0 Å². The first-order valence-electron chi connectivity index (χ1n) is 5.39. The maximum Gasteiger partial charge on any atom is 0.151 e. The molecule has 1 heterocycles. The number of halogens is 1. The van der Waals surface area contributed by atoms with E-state index >= 15 is 0 Å². The summed E-state index contributed by atoms with van der Waals surface area (Å²) in [6.07, 6.45) is 1.73. The van der Waals surface area contributed by atoms with Crippen molar-refractivity contribution < 1.29 is 4.74 Å². The van der Waals surface area contributed by atoms with Gasteiger partial charge in [-0.05, 0) is 41.9 Å². The molecule has 0 aliphatic heterocycles. The first kappa shape index (κ1) is 12.8. The van der Waals surface area contributed by atoms with E-state index < -0.39 is 0 Å². The Balaban J connectivity index is 2.40. The number of rotatable bonds is 3. The van der Waals surface area contributed by atoms with E-state index in [1.54, 1.807) is 18.0 Å². The molecule has 1 aromatic heterocycles. The van der Waals surface area contributed by atoms with E-state index in [0.717, 1.165) is 27.4 Å². The first-order valence-corrected chi connectivity index (χ1v) is 6.18. The van der Waals surface area contributed by atoms with E-state index in [2.05, 4.69) is 31.2 Å². The maximum absolute atomic E-state index is 5.29. The van der Waals surface area contributed by atoms with Gasteiger partial charge in [0.05, 0.1) is 18.9 Å². The summed E-state index contributed by atoms with van der Waals surface area (Å²) in [6, 6.07) is 5.74. The molecule has 0 aliphatic rings. The van der Waals surface area contributed by atoms with E-state index in [9.17, 15) is 0 Å². The summed E-state index contributed by atoms with van der Waals surface area (Å²) < 4.78 is 7.90. The van der Waals surface area contributed by atoms with Crippen LogP contribution in [0.15, 0.2) is 27.8 Å². The predicted octanol–water partition coefficient (Wildman–Crippen LogP) is 2.55. The van der Waals surface area contributed by atoms with Crippen LogP contribution in [-0.4, -0.2) is 28.2 Å². The Labute approximate surface area is 114 Å². The van der Waals surface area contributed by atoms with Crippen molar-refractivity contribution in [1.82, 2.24) is 14.9 Å². The zero-order valence-corrected chi connectivity index (χ0v) is 12.0. The molecule has 94 valence electrons. The van der Waals surface area contributed by atoms with Gasteiger partial charge < -0.3 is 4.74 Å². The molecule has 2 aromatic rings. The van der Waals surface area contributed by atoms with Crippen LogP contribution in [0.5, 0.6) is 5.75 Å². The van der Waals surface area contributed by atoms with Gasteiger partial charge in [-0.3, -0.25) is 0 Å². The molecule has 0 bridgehead atoms. The molecule has 0 radical (unpaired) electrons. The number of ether oxygens (including phenoxy) is 1. The predicted molar refractivity (Wildman–Crippen MR) is 73.2 cm³/mol. The van der Waals surface area contributed by atoms with Gasteiger partial charge in [-0.25, -0.2) is 4.68 Å². The highest BCUT2D eigenvalue weighted by atomic mass is 79.9. The van der Waals surface area contributed by atoms with Gasteiger partial charge in [0.25, 0.3) is 0 Å². The molecule has 6 heteroatoms. The lowest BCUT2D eigenvalue weighted by atomic mass is 10.2. The average molecular weight is 309 g/mol. The summed E-state index contributed by atoms with van der Waals surface area (Å²) in [5, 5.41) is 12.3. The van der Waals surface area contributed by atoms with Crippen molar-refractivity contribution in [2.24, 2.45) is 5.10 Å². The van der Waals surface area contributed by atoms with Gasteiger partial charge in [-0.1, -0.05) is 6.07 Å². The molecular formula is C12H13BrN4O. The molecule has 0 unspecified atom stereocenters. The summed E-state index contributed by atoms with van der Waals surface area (Å²) in [5.41, 5.74) is 0.882. The summed E-state index contributed by atoms with van der Waals surface area (Å²) >= 11 is 3.48. The third-order valence-corrected chi connectivity index (χ3v) is 3.18. The highest BCUT2D eigenvalue weighted by molar-refractivity contribution is 9.10. The monoisotopic (exact) mass is 308 g/mol. The van der Waals surface area contributed by atoms with E-state index in [1.807, 2.05) is 32.0 Å². The van der Waals surface area contributed by atoms with Gasteiger partial charge in [0.1, 0.15) is 5.75 Å². The van der Waals surface area contributed by atoms with Gasteiger partial charge in [0.15, 0.2) is 11.6 Å². The molecule has 1 aromatic carbocycles. The molecule has 0 N–H and O–H groups in total. The molecule has 0 fully saturated rings. The Morgan fingerprint density at radius 3 is 2.56 bits per heavy atom. The number of aryl methyl sites for hydroxylation is 2. The van der Waals surface area contributed by atoms with Gasteiger partial charge in [0.2, 0.25) is 0 Å². The molecule has 0 saturated carbocycles. The van der Waals surface area contributed by atoms with Crippen LogP contribution >= 0.6 is 15.9 Å². The zero-order chi connectivity index (χ0) is 13.1. The number of aromatic nitrogens is 3. The minimum Gasteiger partial charge on any atom is -0.496 e. The second kappa shape index (κ2) is 5.30. The van der Waals surface area contributed by atoms with Crippen molar-refractivity contribution in [2.75, 3.05) is 7.11 Å². The largest absolute Gasteiger partial charge is 0.496 e. The number of hydrogen-bond acceptors (Lipinski definition) is 4. The molecule has 0 amide bonds. The minimum atomic E-state index is 0.745. The quantitative estimate of drug-likeness (QED) is 0.819. The Bertz CT molecular complexity index is 572. The highest BCUT2D eigenvalue weighted by Crippen LogP contribution is 2.24. The second-order valence-corrected chi connectivity index (χ2v) is 4.56. The van der Waals surface area contributed by atoms with Crippen LogP contribution in [0, 0.1) is 13.8 Å². The van der Waals surface area contributed by atoms with E-state index in [-0.39, 0.29) is 0 Å². The van der Waals surface area contributed by atoms with Gasteiger partial charge >= 0.3 is 0 Å². The molecule has 2 rings (SSSR count). The molecule has 0 aliphatic carbocycles. The molecule has 0 saturated heterocycles. The van der Waals surface area contributed by atoms with Crippen molar-refractivity contribution >= 4 is 22.1 Å². The van der Waals surface area contributed by atoms with Crippen LogP contribution in [0.1, 0.15) is 17.2 Å². The lowest BCUT2D eigenvalue weighted by Crippen LogP contribution is -1.98. The third kappa shape index (κ3) is 2.43. The normalized spacial score (nSPS) is 11.1. The van der Waals surface area contributed by atoms with E-state index in [4.69, 9.17) is 4.74 Å². The van der Waals surface area contributed by atoms with Crippen LogP contribution in [0.25, 0.3) is 0 Å². The molecular weight excluding hydrogens is 296 g/mol. The van der Waals surface area contributed by atoms with E-state index in [0.29, 0.717) is 0 Å². The van der Waals surface area contributed by atoms with E-state index in [1.165, 1.54) is 0 Å². The summed E-state index contributed by atoms with van der Waals surface area (Å²) in [5.74, 6) is 2.25. The average Bonchev–Trinajstić information content (AvgIpc) is 2.68.